The van der Waals surface area contributed by atoms with Crippen LogP contribution in [0.15, 0.2) is 23.8 Å². The molecule has 4 nitrogen and oxygen atoms in total. The van der Waals surface area contributed by atoms with E-state index < -0.39 is 17.4 Å². The molecule has 1 fully saturated rings. The van der Waals surface area contributed by atoms with Crippen molar-refractivity contribution in [2.75, 3.05) is 13.2 Å². The van der Waals surface area contributed by atoms with Crippen LogP contribution in [0.1, 0.15) is 47.0 Å². The van der Waals surface area contributed by atoms with Crippen LogP contribution in [0.4, 0.5) is 0 Å². The zero-order valence-corrected chi connectivity index (χ0v) is 13.5. The maximum Gasteiger partial charge on any atom is 0.323 e. The number of hydrogen-bond acceptors (Lipinski definition) is 4. The predicted molar refractivity (Wildman–Crippen MR) is 81.6 cm³/mol. The third kappa shape index (κ3) is 3.74. The van der Waals surface area contributed by atoms with E-state index in [1.807, 2.05) is 13.0 Å². The lowest BCUT2D eigenvalue weighted by Crippen LogP contribution is -2.40. The molecule has 4 heteroatoms. The Hall–Kier alpha value is -1.58. The smallest absolute Gasteiger partial charge is 0.323 e. The molecule has 0 saturated heterocycles. The van der Waals surface area contributed by atoms with E-state index in [0.717, 1.165) is 12.0 Å². The fourth-order valence-corrected chi connectivity index (χ4v) is 2.80. The Balaban J connectivity index is 3.12. The number of ether oxygens (including phenoxy) is 2. The van der Waals surface area contributed by atoms with Crippen molar-refractivity contribution in [3.05, 3.63) is 23.8 Å². The molecule has 0 aromatic carbocycles. The molecule has 1 unspecified atom stereocenters. The quantitative estimate of drug-likeness (QED) is 0.428. The number of esters is 2. The van der Waals surface area contributed by atoms with Crippen molar-refractivity contribution in [1.29, 1.82) is 0 Å². The fourth-order valence-electron chi connectivity index (χ4n) is 2.80. The highest BCUT2D eigenvalue weighted by molar-refractivity contribution is 6.01. The first-order chi connectivity index (χ1) is 10.1. The van der Waals surface area contributed by atoms with Gasteiger partial charge >= 0.3 is 11.9 Å². The normalized spacial score (nSPS) is 22.7. The Morgan fingerprint density at radius 3 is 2.19 bits per heavy atom. The molecule has 0 bridgehead atoms. The largest absolute Gasteiger partial charge is 0.465 e. The van der Waals surface area contributed by atoms with E-state index in [-0.39, 0.29) is 19.1 Å². The van der Waals surface area contributed by atoms with Gasteiger partial charge in [-0.05, 0) is 46.0 Å². The van der Waals surface area contributed by atoms with Gasteiger partial charge in [-0.1, -0.05) is 30.7 Å². The summed E-state index contributed by atoms with van der Waals surface area (Å²) in [4.78, 5) is 24.8. The highest BCUT2D eigenvalue weighted by Gasteiger charge is 2.55. The van der Waals surface area contributed by atoms with Crippen molar-refractivity contribution in [2.24, 2.45) is 11.3 Å². The van der Waals surface area contributed by atoms with Gasteiger partial charge in [0.25, 0.3) is 0 Å². The van der Waals surface area contributed by atoms with Gasteiger partial charge in [0.15, 0.2) is 5.41 Å². The summed E-state index contributed by atoms with van der Waals surface area (Å²) in [6, 6.07) is 0. The molecule has 0 aromatic rings. The first kappa shape index (κ1) is 17.5. The molecule has 1 aliphatic carbocycles. The van der Waals surface area contributed by atoms with Crippen LogP contribution in [-0.4, -0.2) is 25.2 Å². The van der Waals surface area contributed by atoms with Crippen molar-refractivity contribution >= 4 is 11.9 Å². The average molecular weight is 294 g/mol. The van der Waals surface area contributed by atoms with Gasteiger partial charge < -0.3 is 9.47 Å². The van der Waals surface area contributed by atoms with Gasteiger partial charge in [-0.3, -0.25) is 9.59 Å². The van der Waals surface area contributed by atoms with Crippen LogP contribution in [0.25, 0.3) is 0 Å². The molecular formula is C17H26O4. The molecule has 0 aliphatic heterocycles. The average Bonchev–Trinajstić information content (AvgIpc) is 2.86. The number of rotatable bonds is 6. The second kappa shape index (κ2) is 8.01. The van der Waals surface area contributed by atoms with Crippen LogP contribution in [0.5, 0.6) is 0 Å². The van der Waals surface area contributed by atoms with Crippen molar-refractivity contribution in [3.8, 4) is 0 Å². The number of hydrogen-bond donors (Lipinski definition) is 0. The molecule has 0 amide bonds. The molecule has 0 heterocycles. The molecule has 0 aromatic heterocycles. The lowest BCUT2D eigenvalue weighted by molar-refractivity contribution is -0.171. The van der Waals surface area contributed by atoms with Gasteiger partial charge in [-0.15, -0.1) is 0 Å². The molecule has 1 rings (SSSR count). The van der Waals surface area contributed by atoms with Crippen LogP contribution in [0.2, 0.25) is 0 Å². The minimum absolute atomic E-state index is 0.101. The summed E-state index contributed by atoms with van der Waals surface area (Å²) < 4.78 is 10.3. The van der Waals surface area contributed by atoms with E-state index in [2.05, 4.69) is 19.1 Å². The Bertz CT molecular complexity index is 416. The van der Waals surface area contributed by atoms with E-state index in [4.69, 9.17) is 9.47 Å². The summed E-state index contributed by atoms with van der Waals surface area (Å²) in [6.07, 6.45) is 7.89. The van der Waals surface area contributed by atoms with E-state index >= 15 is 0 Å². The van der Waals surface area contributed by atoms with Crippen LogP contribution in [0.3, 0.4) is 0 Å². The molecule has 21 heavy (non-hydrogen) atoms. The second-order valence-electron chi connectivity index (χ2n) is 5.21. The summed E-state index contributed by atoms with van der Waals surface area (Å²) in [5, 5.41) is 0. The molecular weight excluding hydrogens is 268 g/mol. The number of allylic oxidation sites excluding steroid dienone is 4. The molecule has 0 spiro atoms. The van der Waals surface area contributed by atoms with E-state index in [0.29, 0.717) is 12.8 Å². The highest BCUT2D eigenvalue weighted by atomic mass is 16.6. The third-order valence-electron chi connectivity index (χ3n) is 3.86. The maximum absolute atomic E-state index is 12.4. The first-order valence-electron chi connectivity index (χ1n) is 7.71. The first-order valence-corrected chi connectivity index (χ1v) is 7.71. The van der Waals surface area contributed by atoms with Crippen LogP contribution >= 0.6 is 0 Å². The van der Waals surface area contributed by atoms with Gasteiger partial charge in [0, 0.05) is 0 Å². The summed E-state index contributed by atoms with van der Waals surface area (Å²) >= 11 is 0. The SMILES string of the molecule is C/C=C1\CC(C(=O)OCC)(C(=O)OCC)CC1/C=C\CC. The molecule has 1 saturated carbocycles. The summed E-state index contributed by atoms with van der Waals surface area (Å²) in [5.41, 5.74) is -0.0859. The van der Waals surface area contributed by atoms with Crippen LogP contribution < -0.4 is 0 Å². The third-order valence-corrected chi connectivity index (χ3v) is 3.86. The van der Waals surface area contributed by atoms with Crippen molar-refractivity contribution < 1.29 is 19.1 Å². The molecule has 1 aliphatic rings. The Morgan fingerprint density at radius 1 is 1.19 bits per heavy atom. The van der Waals surface area contributed by atoms with Crippen molar-refractivity contribution in [3.63, 3.8) is 0 Å². The topological polar surface area (TPSA) is 52.6 Å². The summed E-state index contributed by atoms with van der Waals surface area (Å²) in [7, 11) is 0. The van der Waals surface area contributed by atoms with Crippen LogP contribution in [0, 0.1) is 11.3 Å². The Morgan fingerprint density at radius 2 is 1.76 bits per heavy atom. The van der Waals surface area contributed by atoms with Gasteiger partial charge in [-0.25, -0.2) is 0 Å². The Labute approximate surface area is 127 Å². The van der Waals surface area contributed by atoms with Crippen molar-refractivity contribution in [1.82, 2.24) is 0 Å². The monoisotopic (exact) mass is 294 g/mol. The van der Waals surface area contributed by atoms with Crippen LogP contribution in [-0.2, 0) is 19.1 Å². The second-order valence-corrected chi connectivity index (χ2v) is 5.21. The molecule has 1 atom stereocenters. The lowest BCUT2D eigenvalue weighted by Gasteiger charge is -2.24. The Kier molecular flexibility index (Phi) is 6.66. The lowest BCUT2D eigenvalue weighted by atomic mass is 9.85. The summed E-state index contributed by atoms with van der Waals surface area (Å²) in [6.45, 7) is 8.02. The zero-order valence-electron chi connectivity index (χ0n) is 13.5. The molecule has 0 radical (unpaired) electrons. The van der Waals surface area contributed by atoms with Crippen molar-refractivity contribution in [2.45, 2.75) is 47.0 Å². The maximum atomic E-state index is 12.4. The van der Waals surface area contributed by atoms with E-state index in [9.17, 15) is 9.59 Å². The zero-order chi connectivity index (χ0) is 15.9. The van der Waals surface area contributed by atoms with Gasteiger partial charge in [0.1, 0.15) is 0 Å². The van der Waals surface area contributed by atoms with E-state index in [1.165, 1.54) is 0 Å². The molecule has 118 valence electrons. The summed E-state index contributed by atoms with van der Waals surface area (Å²) in [5.74, 6) is -0.825. The number of carbonyl (C=O) groups is 2. The highest BCUT2D eigenvalue weighted by Crippen LogP contribution is 2.47. The van der Waals surface area contributed by atoms with Gasteiger partial charge in [-0.2, -0.15) is 0 Å². The predicted octanol–water partition coefficient (Wildman–Crippen LogP) is 3.42. The molecule has 0 N–H and O–H groups in total. The fraction of sp³-hybridized carbons (Fsp3) is 0.647. The number of carbonyl (C=O) groups excluding carboxylic acids is 2. The minimum Gasteiger partial charge on any atom is -0.465 e. The standard InChI is InChI=1S/C17H26O4/c1-5-9-10-14-12-17(11-13(14)6-2,15(18)20-7-3)16(19)21-8-4/h6,9-10,14H,5,7-8,11-12H2,1-4H3/b10-9-,13-6+. The van der Waals surface area contributed by atoms with Gasteiger partial charge in [0.05, 0.1) is 13.2 Å². The van der Waals surface area contributed by atoms with E-state index in [1.54, 1.807) is 13.8 Å². The minimum atomic E-state index is -1.18. The van der Waals surface area contributed by atoms with Gasteiger partial charge in [0.2, 0.25) is 0 Å².